The van der Waals surface area contributed by atoms with Gasteiger partial charge in [0.05, 0.1) is 12.0 Å². The SMILES string of the molecule is CCC(C)(C)C(=O)OCCC[SiH](C)C. The Morgan fingerprint density at radius 2 is 1.93 bits per heavy atom. The summed E-state index contributed by atoms with van der Waals surface area (Å²) in [5.41, 5.74) is -0.310. The van der Waals surface area contributed by atoms with Gasteiger partial charge >= 0.3 is 5.97 Å². The molecule has 0 aromatic carbocycles. The first-order chi connectivity index (χ1) is 6.40. The third kappa shape index (κ3) is 5.42. The summed E-state index contributed by atoms with van der Waals surface area (Å²) in [7, 11) is -0.474. The summed E-state index contributed by atoms with van der Waals surface area (Å²) in [6, 6.07) is 1.26. The summed E-state index contributed by atoms with van der Waals surface area (Å²) in [5, 5.41) is 0. The van der Waals surface area contributed by atoms with Crippen LogP contribution in [-0.2, 0) is 9.53 Å². The summed E-state index contributed by atoms with van der Waals surface area (Å²) in [6.45, 7) is 11.1. The van der Waals surface area contributed by atoms with Crippen molar-refractivity contribution in [1.82, 2.24) is 0 Å². The van der Waals surface area contributed by atoms with Gasteiger partial charge in [-0.3, -0.25) is 4.79 Å². The fourth-order valence-electron chi connectivity index (χ4n) is 0.996. The van der Waals surface area contributed by atoms with E-state index in [-0.39, 0.29) is 11.4 Å². The molecule has 0 atom stereocenters. The Morgan fingerprint density at radius 3 is 2.36 bits per heavy atom. The van der Waals surface area contributed by atoms with Crippen molar-refractivity contribution in [1.29, 1.82) is 0 Å². The molecule has 2 nitrogen and oxygen atoms in total. The highest BCUT2D eigenvalue weighted by atomic mass is 28.3. The second-order valence-electron chi connectivity index (χ2n) is 4.91. The number of hydrogen-bond acceptors (Lipinski definition) is 2. The van der Waals surface area contributed by atoms with Crippen molar-refractivity contribution in [2.24, 2.45) is 5.41 Å². The Bertz CT molecular complexity index is 176. The average Bonchev–Trinajstić information content (AvgIpc) is 2.11. The molecule has 0 aromatic heterocycles. The molecule has 0 aliphatic heterocycles. The maximum Gasteiger partial charge on any atom is 0.311 e. The van der Waals surface area contributed by atoms with E-state index in [9.17, 15) is 4.79 Å². The molecule has 0 N–H and O–H groups in total. The number of hydrogen-bond donors (Lipinski definition) is 0. The fraction of sp³-hybridized carbons (Fsp3) is 0.909. The molecule has 0 radical (unpaired) electrons. The molecule has 0 rings (SSSR count). The van der Waals surface area contributed by atoms with Crippen molar-refractivity contribution in [2.75, 3.05) is 6.61 Å². The molecular formula is C11H24O2Si. The van der Waals surface area contributed by atoms with E-state index >= 15 is 0 Å². The number of rotatable bonds is 6. The minimum atomic E-state index is -0.474. The van der Waals surface area contributed by atoms with Crippen LogP contribution in [-0.4, -0.2) is 21.4 Å². The maximum absolute atomic E-state index is 11.5. The van der Waals surface area contributed by atoms with E-state index in [0.29, 0.717) is 6.61 Å². The molecule has 3 heteroatoms. The highest BCUT2D eigenvalue weighted by molar-refractivity contribution is 6.55. The molecule has 0 amide bonds. The Balaban J connectivity index is 3.64. The van der Waals surface area contributed by atoms with Gasteiger partial charge in [-0.1, -0.05) is 26.1 Å². The first-order valence-electron chi connectivity index (χ1n) is 5.57. The summed E-state index contributed by atoms with van der Waals surface area (Å²) in [6.07, 6.45) is 1.88. The summed E-state index contributed by atoms with van der Waals surface area (Å²) in [4.78, 5) is 11.5. The van der Waals surface area contributed by atoms with Crippen LogP contribution in [0.2, 0.25) is 19.1 Å². The van der Waals surface area contributed by atoms with Crippen molar-refractivity contribution in [3.8, 4) is 0 Å². The van der Waals surface area contributed by atoms with Crippen LogP contribution in [0, 0.1) is 5.41 Å². The van der Waals surface area contributed by atoms with Crippen LogP contribution in [0.1, 0.15) is 33.6 Å². The van der Waals surface area contributed by atoms with Crippen LogP contribution >= 0.6 is 0 Å². The molecule has 0 aromatic rings. The van der Waals surface area contributed by atoms with E-state index in [1.165, 1.54) is 6.04 Å². The molecule has 0 spiro atoms. The van der Waals surface area contributed by atoms with Crippen LogP contribution < -0.4 is 0 Å². The predicted octanol–water partition coefficient (Wildman–Crippen LogP) is 2.84. The second-order valence-corrected chi connectivity index (χ2v) is 8.27. The van der Waals surface area contributed by atoms with E-state index in [1.807, 2.05) is 20.8 Å². The summed E-state index contributed by atoms with van der Waals surface area (Å²) in [5.74, 6) is -0.0505. The summed E-state index contributed by atoms with van der Waals surface area (Å²) >= 11 is 0. The standard InChI is InChI=1S/C11H24O2Si/c1-6-11(2,3)10(12)13-8-7-9-14(4)5/h14H,6-9H2,1-5H3. The molecule has 0 aliphatic rings. The number of carbonyl (C=O) groups excluding carboxylic acids is 1. The minimum absolute atomic E-state index is 0.0505. The largest absolute Gasteiger partial charge is 0.465 e. The Morgan fingerprint density at radius 1 is 1.36 bits per heavy atom. The van der Waals surface area contributed by atoms with Gasteiger partial charge in [-0.2, -0.15) is 0 Å². The maximum atomic E-state index is 11.5. The van der Waals surface area contributed by atoms with Crippen LogP contribution in [0.4, 0.5) is 0 Å². The molecule has 0 unspecified atom stereocenters. The van der Waals surface area contributed by atoms with Crippen molar-refractivity contribution in [3.05, 3.63) is 0 Å². The van der Waals surface area contributed by atoms with Crippen LogP contribution in [0.5, 0.6) is 0 Å². The van der Waals surface area contributed by atoms with Gasteiger partial charge in [0.15, 0.2) is 0 Å². The molecule has 84 valence electrons. The smallest absolute Gasteiger partial charge is 0.311 e. The van der Waals surface area contributed by atoms with Crippen molar-refractivity contribution < 1.29 is 9.53 Å². The fourth-order valence-corrected chi connectivity index (χ4v) is 1.98. The minimum Gasteiger partial charge on any atom is -0.465 e. The Kier molecular flexibility index (Phi) is 6.08. The van der Waals surface area contributed by atoms with Gasteiger partial charge in [0.1, 0.15) is 0 Å². The van der Waals surface area contributed by atoms with E-state index < -0.39 is 8.80 Å². The molecule has 0 bridgehead atoms. The van der Waals surface area contributed by atoms with Gasteiger partial charge in [0, 0.05) is 8.80 Å². The van der Waals surface area contributed by atoms with Gasteiger partial charge < -0.3 is 4.74 Å². The number of carbonyl (C=O) groups is 1. The van der Waals surface area contributed by atoms with Crippen molar-refractivity contribution in [2.45, 2.75) is 52.8 Å². The zero-order valence-corrected chi connectivity index (χ0v) is 11.4. The topological polar surface area (TPSA) is 26.3 Å². The molecule has 0 heterocycles. The predicted molar refractivity (Wildman–Crippen MR) is 63.3 cm³/mol. The highest BCUT2D eigenvalue weighted by Gasteiger charge is 2.26. The normalized spacial score (nSPS) is 11.9. The van der Waals surface area contributed by atoms with Gasteiger partial charge in [0.2, 0.25) is 0 Å². The zero-order valence-electron chi connectivity index (χ0n) is 10.2. The Hall–Kier alpha value is -0.313. The zero-order chi connectivity index (χ0) is 11.2. The van der Waals surface area contributed by atoms with Gasteiger partial charge in [-0.05, 0) is 26.7 Å². The quantitative estimate of drug-likeness (QED) is 0.388. The Labute approximate surface area is 89.6 Å². The summed E-state index contributed by atoms with van der Waals surface area (Å²) < 4.78 is 5.23. The lowest BCUT2D eigenvalue weighted by atomic mass is 9.91. The average molecular weight is 216 g/mol. The third-order valence-corrected chi connectivity index (χ3v) is 4.16. The molecular weight excluding hydrogens is 192 g/mol. The molecule has 0 aliphatic carbocycles. The van der Waals surface area contributed by atoms with E-state index in [2.05, 4.69) is 13.1 Å². The van der Waals surface area contributed by atoms with Crippen LogP contribution in [0.3, 0.4) is 0 Å². The van der Waals surface area contributed by atoms with Crippen molar-refractivity contribution >= 4 is 14.8 Å². The van der Waals surface area contributed by atoms with E-state index in [1.54, 1.807) is 0 Å². The molecule has 0 saturated carbocycles. The third-order valence-electron chi connectivity index (χ3n) is 2.60. The number of esters is 1. The molecule has 14 heavy (non-hydrogen) atoms. The van der Waals surface area contributed by atoms with E-state index in [4.69, 9.17) is 4.74 Å². The van der Waals surface area contributed by atoms with Crippen LogP contribution in [0.25, 0.3) is 0 Å². The molecule has 0 saturated heterocycles. The monoisotopic (exact) mass is 216 g/mol. The lowest BCUT2D eigenvalue weighted by Crippen LogP contribution is -2.26. The lowest BCUT2D eigenvalue weighted by molar-refractivity contribution is -0.154. The van der Waals surface area contributed by atoms with Crippen LogP contribution in [0.15, 0.2) is 0 Å². The molecule has 0 fully saturated rings. The van der Waals surface area contributed by atoms with Gasteiger partial charge in [0.25, 0.3) is 0 Å². The van der Waals surface area contributed by atoms with Gasteiger partial charge in [-0.15, -0.1) is 0 Å². The first-order valence-corrected chi connectivity index (χ1v) is 8.70. The number of ether oxygens (including phenoxy) is 1. The lowest BCUT2D eigenvalue weighted by Gasteiger charge is -2.20. The van der Waals surface area contributed by atoms with E-state index in [0.717, 1.165) is 12.8 Å². The van der Waals surface area contributed by atoms with Crippen molar-refractivity contribution in [3.63, 3.8) is 0 Å². The second kappa shape index (κ2) is 6.22. The highest BCUT2D eigenvalue weighted by Crippen LogP contribution is 2.21. The first kappa shape index (κ1) is 13.7. The van der Waals surface area contributed by atoms with Gasteiger partial charge in [-0.25, -0.2) is 0 Å².